The monoisotopic (exact) mass is 197 g/mol. The van der Waals surface area contributed by atoms with Gasteiger partial charge in [0.05, 0.1) is 16.8 Å². The van der Waals surface area contributed by atoms with Crippen LogP contribution in [0.4, 0.5) is 0 Å². The zero-order valence-corrected chi connectivity index (χ0v) is 8.90. The summed E-state index contributed by atoms with van der Waals surface area (Å²) in [7, 11) is 0. The molecule has 2 nitrogen and oxygen atoms in total. The highest BCUT2D eigenvalue weighted by Crippen LogP contribution is 2.35. The molecule has 0 amide bonds. The average molecular weight is 197 g/mol. The van der Waals surface area contributed by atoms with Gasteiger partial charge in [0.1, 0.15) is 0 Å². The number of aliphatic hydroxyl groups is 1. The van der Waals surface area contributed by atoms with Crippen molar-refractivity contribution >= 4 is 11.3 Å². The number of nitrogens with zero attached hydrogens (tertiary/aromatic N) is 1. The summed E-state index contributed by atoms with van der Waals surface area (Å²) < 4.78 is 0. The Kier molecular flexibility index (Phi) is 2.39. The molecule has 0 radical (unpaired) electrons. The van der Waals surface area contributed by atoms with Gasteiger partial charge in [-0.1, -0.05) is 13.8 Å². The van der Waals surface area contributed by atoms with Crippen LogP contribution in [-0.4, -0.2) is 10.1 Å². The first-order chi connectivity index (χ1) is 6.18. The van der Waals surface area contributed by atoms with E-state index in [1.54, 1.807) is 11.3 Å². The third kappa shape index (κ3) is 1.63. The van der Waals surface area contributed by atoms with Gasteiger partial charge < -0.3 is 5.11 Å². The minimum absolute atomic E-state index is 0.299. The molecule has 1 atom stereocenters. The molecule has 1 aliphatic carbocycles. The smallest absolute Gasteiger partial charge is 0.0971 e. The molecule has 1 aromatic heterocycles. The predicted octanol–water partition coefficient (Wildman–Crippen LogP) is 2.64. The summed E-state index contributed by atoms with van der Waals surface area (Å²) >= 11 is 1.78. The van der Waals surface area contributed by atoms with Gasteiger partial charge in [-0.25, -0.2) is 4.98 Å². The molecule has 0 bridgehead atoms. The molecule has 1 aliphatic rings. The van der Waals surface area contributed by atoms with E-state index in [2.05, 4.69) is 18.8 Å². The van der Waals surface area contributed by atoms with E-state index in [-0.39, 0.29) is 6.10 Å². The van der Waals surface area contributed by atoms with Crippen molar-refractivity contribution in [1.29, 1.82) is 0 Å². The zero-order valence-electron chi connectivity index (χ0n) is 8.08. The van der Waals surface area contributed by atoms with Gasteiger partial charge in [0.2, 0.25) is 0 Å². The molecule has 0 saturated carbocycles. The molecule has 1 heterocycles. The second-order valence-electron chi connectivity index (χ2n) is 3.92. The number of thiazole rings is 1. The van der Waals surface area contributed by atoms with Crippen LogP contribution < -0.4 is 0 Å². The highest BCUT2D eigenvalue weighted by Gasteiger charge is 2.23. The fourth-order valence-electron chi connectivity index (χ4n) is 1.66. The summed E-state index contributed by atoms with van der Waals surface area (Å²) in [4.78, 5) is 5.81. The first-order valence-electron chi connectivity index (χ1n) is 4.86. The second kappa shape index (κ2) is 3.39. The van der Waals surface area contributed by atoms with Crippen LogP contribution in [-0.2, 0) is 6.42 Å². The molecule has 0 saturated heterocycles. The molecule has 2 rings (SSSR count). The van der Waals surface area contributed by atoms with Gasteiger partial charge in [-0.3, -0.25) is 0 Å². The van der Waals surface area contributed by atoms with Crippen LogP contribution in [0.15, 0.2) is 0 Å². The summed E-state index contributed by atoms with van der Waals surface area (Å²) in [6.45, 7) is 4.30. The van der Waals surface area contributed by atoms with Crippen molar-refractivity contribution in [2.24, 2.45) is 0 Å². The minimum atomic E-state index is -0.299. The summed E-state index contributed by atoms with van der Waals surface area (Å²) in [5.74, 6) is 0.489. The summed E-state index contributed by atoms with van der Waals surface area (Å²) in [5.41, 5.74) is 0.958. The Morgan fingerprint density at radius 2 is 2.31 bits per heavy atom. The molecule has 0 fully saturated rings. The van der Waals surface area contributed by atoms with Crippen molar-refractivity contribution in [3.63, 3.8) is 0 Å². The Hall–Kier alpha value is -0.410. The maximum Gasteiger partial charge on any atom is 0.0971 e. The van der Waals surface area contributed by atoms with E-state index in [4.69, 9.17) is 0 Å². The van der Waals surface area contributed by atoms with Gasteiger partial charge in [0, 0.05) is 10.8 Å². The van der Waals surface area contributed by atoms with E-state index in [0.29, 0.717) is 5.92 Å². The highest BCUT2D eigenvalue weighted by atomic mass is 32.1. The first kappa shape index (κ1) is 9.16. The van der Waals surface area contributed by atoms with Crippen LogP contribution in [0.5, 0.6) is 0 Å². The average Bonchev–Trinajstić information content (AvgIpc) is 2.49. The lowest BCUT2D eigenvalue weighted by atomic mass is 10.0. The fraction of sp³-hybridized carbons (Fsp3) is 0.700. The van der Waals surface area contributed by atoms with Crippen LogP contribution in [0.3, 0.4) is 0 Å². The minimum Gasteiger partial charge on any atom is -0.387 e. The van der Waals surface area contributed by atoms with Crippen LogP contribution in [0.2, 0.25) is 0 Å². The highest BCUT2D eigenvalue weighted by molar-refractivity contribution is 7.11. The molecule has 1 unspecified atom stereocenters. The number of rotatable bonds is 1. The molecule has 1 N–H and O–H groups in total. The van der Waals surface area contributed by atoms with Gasteiger partial charge in [-0.05, 0) is 19.3 Å². The molecule has 0 aliphatic heterocycles. The Morgan fingerprint density at radius 3 is 2.92 bits per heavy atom. The van der Waals surface area contributed by atoms with Gasteiger partial charge in [0.15, 0.2) is 0 Å². The normalized spacial score (nSPS) is 22.0. The van der Waals surface area contributed by atoms with Gasteiger partial charge in [-0.15, -0.1) is 11.3 Å². The number of aliphatic hydroxyl groups excluding tert-OH is 1. The SMILES string of the molecule is CC(C)c1nc2c(s1)CCCC2O. The molecule has 13 heavy (non-hydrogen) atoms. The van der Waals surface area contributed by atoms with Gasteiger partial charge in [0.25, 0.3) is 0 Å². The van der Waals surface area contributed by atoms with Crippen LogP contribution >= 0.6 is 11.3 Å². The van der Waals surface area contributed by atoms with Crippen molar-refractivity contribution in [1.82, 2.24) is 4.98 Å². The van der Waals surface area contributed by atoms with E-state index >= 15 is 0 Å². The lowest BCUT2D eigenvalue weighted by molar-refractivity contribution is 0.153. The van der Waals surface area contributed by atoms with Gasteiger partial charge in [-0.2, -0.15) is 0 Å². The van der Waals surface area contributed by atoms with Crippen LogP contribution in [0.25, 0.3) is 0 Å². The Bertz CT molecular complexity index is 306. The number of aromatic nitrogens is 1. The predicted molar refractivity (Wildman–Crippen MR) is 54.1 cm³/mol. The standard InChI is InChI=1S/C10H15NOS/c1-6(2)10-11-9-7(12)4-3-5-8(9)13-10/h6-7,12H,3-5H2,1-2H3. The van der Waals surface area contributed by atoms with Crippen molar-refractivity contribution < 1.29 is 5.11 Å². The Labute approximate surface area is 82.6 Å². The number of hydrogen-bond acceptors (Lipinski definition) is 3. The van der Waals surface area contributed by atoms with Crippen molar-refractivity contribution in [3.8, 4) is 0 Å². The molecular weight excluding hydrogens is 182 g/mol. The fourth-order valence-corrected chi connectivity index (χ4v) is 2.83. The largest absolute Gasteiger partial charge is 0.387 e. The molecule has 72 valence electrons. The number of hydrogen-bond donors (Lipinski definition) is 1. The molecule has 3 heteroatoms. The number of fused-ring (bicyclic) bond motifs is 1. The maximum absolute atomic E-state index is 9.70. The van der Waals surface area contributed by atoms with E-state index in [1.807, 2.05) is 0 Å². The van der Waals surface area contributed by atoms with Crippen LogP contribution in [0.1, 0.15) is 54.3 Å². The molecule has 1 aromatic rings. The number of aryl methyl sites for hydroxylation is 1. The van der Waals surface area contributed by atoms with E-state index in [9.17, 15) is 5.11 Å². The van der Waals surface area contributed by atoms with E-state index < -0.39 is 0 Å². The van der Waals surface area contributed by atoms with Crippen molar-refractivity contribution in [2.45, 2.75) is 45.1 Å². The lowest BCUT2D eigenvalue weighted by Gasteiger charge is -2.14. The molecule has 0 spiro atoms. The lowest BCUT2D eigenvalue weighted by Crippen LogP contribution is -2.07. The summed E-state index contributed by atoms with van der Waals surface area (Å²) in [5, 5.41) is 10.9. The maximum atomic E-state index is 9.70. The first-order valence-corrected chi connectivity index (χ1v) is 5.67. The topological polar surface area (TPSA) is 33.1 Å². The third-order valence-electron chi connectivity index (χ3n) is 2.44. The van der Waals surface area contributed by atoms with Gasteiger partial charge >= 0.3 is 0 Å². The quantitative estimate of drug-likeness (QED) is 0.750. The Morgan fingerprint density at radius 1 is 1.54 bits per heavy atom. The van der Waals surface area contributed by atoms with Crippen molar-refractivity contribution in [3.05, 3.63) is 15.6 Å². The Balaban J connectivity index is 2.36. The third-order valence-corrected chi connectivity index (χ3v) is 3.87. The second-order valence-corrected chi connectivity index (χ2v) is 5.04. The summed E-state index contributed by atoms with van der Waals surface area (Å²) in [6, 6.07) is 0. The zero-order chi connectivity index (χ0) is 9.42. The van der Waals surface area contributed by atoms with Crippen LogP contribution in [0, 0.1) is 0 Å². The van der Waals surface area contributed by atoms with E-state index in [0.717, 1.165) is 25.0 Å². The van der Waals surface area contributed by atoms with Crippen molar-refractivity contribution in [2.75, 3.05) is 0 Å². The summed E-state index contributed by atoms with van der Waals surface area (Å²) in [6.07, 6.45) is 2.80. The molecule has 0 aromatic carbocycles. The molecular formula is C10H15NOS. The van der Waals surface area contributed by atoms with E-state index in [1.165, 1.54) is 9.88 Å².